The molecule has 0 bridgehead atoms. The van der Waals surface area contributed by atoms with E-state index in [1.807, 2.05) is 27.7 Å². The summed E-state index contributed by atoms with van der Waals surface area (Å²) >= 11 is 0. The average molecular weight is 268 g/mol. The van der Waals surface area contributed by atoms with Crippen LogP contribution in [0.1, 0.15) is 44.5 Å². The molecule has 1 saturated heterocycles. The number of hydrogen-bond acceptors (Lipinski definition) is 2. The molecule has 0 N–H and O–H groups in total. The second-order valence-corrected chi connectivity index (χ2v) is 6.24. The van der Waals surface area contributed by atoms with Crippen LogP contribution in [-0.4, -0.2) is 17.0 Å². The third-order valence-corrected chi connectivity index (χ3v) is 3.54. The Kier molecular flexibility index (Phi) is 3.25. The number of benzene rings is 1. The predicted molar refractivity (Wildman–Crippen MR) is 68.0 cm³/mol. The average Bonchev–Trinajstić information content (AvgIpc) is 2.44. The molecule has 0 aliphatic carbocycles. The molecule has 0 amide bonds. The fraction of sp³-hybridized carbons (Fsp3) is 0.533. The Morgan fingerprint density at radius 1 is 1.16 bits per heavy atom. The van der Waals surface area contributed by atoms with Crippen LogP contribution < -0.4 is 0 Å². The van der Waals surface area contributed by atoms with Crippen molar-refractivity contribution in [1.82, 2.24) is 0 Å². The van der Waals surface area contributed by atoms with Crippen molar-refractivity contribution in [2.75, 3.05) is 0 Å². The summed E-state index contributed by atoms with van der Waals surface area (Å²) in [5, 5.41) is 0. The summed E-state index contributed by atoms with van der Waals surface area (Å²) in [5.41, 5.74) is -0.976. The standard InChI is InChI=1S/C15H18F2O2/c1-14(2)8-12(15(3,4)19-14)13(18)9-5-10(16)7-11(17)6-9/h5-7,12H,8H2,1-4H3. The van der Waals surface area contributed by atoms with Crippen LogP contribution in [0.3, 0.4) is 0 Å². The van der Waals surface area contributed by atoms with Gasteiger partial charge in [0.05, 0.1) is 17.1 Å². The van der Waals surface area contributed by atoms with E-state index in [1.54, 1.807) is 0 Å². The molecule has 4 heteroatoms. The van der Waals surface area contributed by atoms with Crippen LogP contribution in [0.4, 0.5) is 8.78 Å². The summed E-state index contributed by atoms with van der Waals surface area (Å²) in [6, 6.07) is 2.91. The molecule has 1 fully saturated rings. The Hall–Kier alpha value is -1.29. The molecule has 0 saturated carbocycles. The molecule has 1 unspecified atom stereocenters. The van der Waals surface area contributed by atoms with Crippen LogP contribution in [-0.2, 0) is 4.74 Å². The van der Waals surface area contributed by atoms with E-state index in [1.165, 1.54) is 0 Å². The van der Waals surface area contributed by atoms with Crippen molar-refractivity contribution in [2.24, 2.45) is 5.92 Å². The lowest BCUT2D eigenvalue weighted by atomic mass is 9.81. The lowest BCUT2D eigenvalue weighted by molar-refractivity contribution is -0.0712. The number of Topliss-reactive ketones (excluding diaryl/α,β-unsaturated/α-hetero) is 1. The van der Waals surface area contributed by atoms with E-state index in [-0.39, 0.29) is 11.3 Å². The lowest BCUT2D eigenvalue weighted by Crippen LogP contribution is -2.34. The molecule has 1 aliphatic heterocycles. The Balaban J connectivity index is 2.34. The highest BCUT2D eigenvalue weighted by Crippen LogP contribution is 2.43. The molecular weight excluding hydrogens is 250 g/mol. The maximum Gasteiger partial charge on any atom is 0.169 e. The molecule has 0 aromatic heterocycles. The van der Waals surface area contributed by atoms with Gasteiger partial charge < -0.3 is 4.74 Å². The first-order valence-electron chi connectivity index (χ1n) is 6.31. The van der Waals surface area contributed by atoms with Crippen molar-refractivity contribution < 1.29 is 18.3 Å². The van der Waals surface area contributed by atoms with Crippen LogP contribution >= 0.6 is 0 Å². The zero-order valence-corrected chi connectivity index (χ0v) is 11.6. The number of ketones is 1. The minimum absolute atomic E-state index is 0.0666. The van der Waals surface area contributed by atoms with Gasteiger partial charge in [-0.1, -0.05) is 0 Å². The maximum absolute atomic E-state index is 13.2. The van der Waals surface area contributed by atoms with E-state index >= 15 is 0 Å². The largest absolute Gasteiger partial charge is 0.369 e. The van der Waals surface area contributed by atoms with Crippen LogP contribution in [0.2, 0.25) is 0 Å². The van der Waals surface area contributed by atoms with Crippen molar-refractivity contribution in [3.05, 3.63) is 35.4 Å². The van der Waals surface area contributed by atoms with E-state index in [0.717, 1.165) is 18.2 Å². The molecule has 1 heterocycles. The first kappa shape index (κ1) is 14.1. The molecule has 1 aromatic carbocycles. The van der Waals surface area contributed by atoms with E-state index in [4.69, 9.17) is 4.74 Å². The highest BCUT2D eigenvalue weighted by molar-refractivity contribution is 5.98. The zero-order valence-electron chi connectivity index (χ0n) is 11.6. The van der Waals surface area contributed by atoms with Crippen molar-refractivity contribution >= 4 is 5.78 Å². The van der Waals surface area contributed by atoms with Crippen LogP contribution in [0.25, 0.3) is 0 Å². The van der Waals surface area contributed by atoms with E-state index in [2.05, 4.69) is 0 Å². The topological polar surface area (TPSA) is 26.3 Å². The minimum Gasteiger partial charge on any atom is -0.369 e. The molecule has 0 radical (unpaired) electrons. The monoisotopic (exact) mass is 268 g/mol. The van der Waals surface area contributed by atoms with Gasteiger partial charge in [-0.2, -0.15) is 0 Å². The maximum atomic E-state index is 13.2. The third-order valence-electron chi connectivity index (χ3n) is 3.54. The van der Waals surface area contributed by atoms with Gasteiger partial charge >= 0.3 is 0 Å². The second-order valence-electron chi connectivity index (χ2n) is 6.24. The van der Waals surface area contributed by atoms with Gasteiger partial charge in [-0.25, -0.2) is 8.78 Å². The Morgan fingerprint density at radius 2 is 1.68 bits per heavy atom. The summed E-state index contributed by atoms with van der Waals surface area (Å²) in [6.07, 6.45) is 0.539. The van der Waals surface area contributed by atoms with Crippen LogP contribution in [0.15, 0.2) is 18.2 Å². The predicted octanol–water partition coefficient (Wildman–Crippen LogP) is 3.74. The summed E-state index contributed by atoms with van der Waals surface area (Å²) in [5.74, 6) is -2.14. The van der Waals surface area contributed by atoms with Gasteiger partial charge in [0.2, 0.25) is 0 Å². The van der Waals surface area contributed by atoms with Crippen molar-refractivity contribution in [2.45, 2.75) is 45.3 Å². The van der Waals surface area contributed by atoms with Crippen molar-refractivity contribution in [3.63, 3.8) is 0 Å². The van der Waals surface area contributed by atoms with Crippen molar-refractivity contribution in [3.8, 4) is 0 Å². The Bertz CT molecular complexity index is 501. The molecule has 1 aliphatic rings. The van der Waals surface area contributed by atoms with Gasteiger partial charge in [-0.15, -0.1) is 0 Å². The number of ether oxygens (including phenoxy) is 1. The number of carbonyl (C=O) groups excluding carboxylic acids is 1. The molecule has 0 spiro atoms. The van der Waals surface area contributed by atoms with Gasteiger partial charge in [0.15, 0.2) is 5.78 Å². The number of carbonyl (C=O) groups is 1. The van der Waals surface area contributed by atoms with E-state index in [0.29, 0.717) is 6.42 Å². The minimum atomic E-state index is -0.737. The molecule has 2 rings (SSSR count). The molecule has 2 nitrogen and oxygen atoms in total. The van der Waals surface area contributed by atoms with Crippen molar-refractivity contribution in [1.29, 1.82) is 0 Å². The van der Waals surface area contributed by atoms with Gasteiger partial charge in [0.25, 0.3) is 0 Å². The SMILES string of the molecule is CC1(C)CC(C(=O)c2cc(F)cc(F)c2)C(C)(C)O1. The van der Waals surface area contributed by atoms with Gasteiger partial charge in [-0.05, 0) is 46.2 Å². The summed E-state index contributed by atoms with van der Waals surface area (Å²) in [4.78, 5) is 12.4. The molecule has 19 heavy (non-hydrogen) atoms. The molecule has 104 valence electrons. The zero-order chi connectivity index (χ0) is 14.4. The van der Waals surface area contributed by atoms with E-state index in [9.17, 15) is 13.6 Å². The first-order valence-corrected chi connectivity index (χ1v) is 6.31. The van der Waals surface area contributed by atoms with Gasteiger partial charge in [0, 0.05) is 11.6 Å². The van der Waals surface area contributed by atoms with Gasteiger partial charge in [0.1, 0.15) is 11.6 Å². The number of hydrogen-bond donors (Lipinski definition) is 0. The normalized spacial score (nSPS) is 24.4. The fourth-order valence-electron chi connectivity index (χ4n) is 2.87. The summed E-state index contributed by atoms with van der Waals surface area (Å²) < 4.78 is 32.2. The highest BCUT2D eigenvalue weighted by atomic mass is 19.1. The van der Waals surface area contributed by atoms with E-state index < -0.39 is 28.8 Å². The summed E-state index contributed by atoms with van der Waals surface area (Å²) in [6.45, 7) is 7.49. The Morgan fingerprint density at radius 3 is 2.11 bits per heavy atom. The van der Waals surface area contributed by atoms with Gasteiger partial charge in [-0.3, -0.25) is 4.79 Å². The number of halogens is 2. The molecule has 1 atom stereocenters. The quantitative estimate of drug-likeness (QED) is 0.764. The van der Waals surface area contributed by atoms with Crippen LogP contribution in [0, 0.1) is 17.6 Å². The third kappa shape index (κ3) is 2.84. The van der Waals surface area contributed by atoms with Crippen LogP contribution in [0.5, 0.6) is 0 Å². The molecular formula is C15H18F2O2. The molecule has 1 aromatic rings. The Labute approximate surface area is 111 Å². The fourth-order valence-corrected chi connectivity index (χ4v) is 2.87. The highest BCUT2D eigenvalue weighted by Gasteiger charge is 2.49. The first-order chi connectivity index (χ1) is 8.61. The number of rotatable bonds is 2. The lowest BCUT2D eigenvalue weighted by Gasteiger charge is -2.26. The smallest absolute Gasteiger partial charge is 0.169 e. The second kappa shape index (κ2) is 4.37. The summed E-state index contributed by atoms with van der Waals surface area (Å²) in [7, 11) is 0.